The average molecular weight is 274 g/mol. The van der Waals surface area contributed by atoms with Gasteiger partial charge in [-0.3, -0.25) is 0 Å². The maximum Gasteiger partial charge on any atom is 0.0473 e. The standard InChI is InChI=1S/C19H18N2/c20-13-14-6-4-9-16(12-14)18-11-5-10-17(19(18)21)15-7-2-1-3-8-15/h1-12H,13,20-21H2. The lowest BCUT2D eigenvalue weighted by molar-refractivity contribution is 1.07. The van der Waals surface area contributed by atoms with Gasteiger partial charge in [-0.2, -0.15) is 0 Å². The molecule has 3 rings (SSSR count). The van der Waals surface area contributed by atoms with E-state index in [9.17, 15) is 0 Å². The van der Waals surface area contributed by atoms with Crippen molar-refractivity contribution in [1.29, 1.82) is 0 Å². The van der Waals surface area contributed by atoms with Gasteiger partial charge in [0.15, 0.2) is 0 Å². The molecule has 0 spiro atoms. The van der Waals surface area contributed by atoms with Gasteiger partial charge in [0.2, 0.25) is 0 Å². The fraction of sp³-hybridized carbons (Fsp3) is 0.0526. The molecule has 104 valence electrons. The zero-order valence-electron chi connectivity index (χ0n) is 11.8. The molecule has 4 N–H and O–H groups in total. The molecule has 0 fully saturated rings. The van der Waals surface area contributed by atoms with Gasteiger partial charge in [-0.1, -0.05) is 66.7 Å². The summed E-state index contributed by atoms with van der Waals surface area (Å²) in [4.78, 5) is 0. The number of hydrogen-bond donors (Lipinski definition) is 2. The summed E-state index contributed by atoms with van der Waals surface area (Å²) < 4.78 is 0. The average Bonchev–Trinajstić information content (AvgIpc) is 2.56. The molecule has 0 amide bonds. The van der Waals surface area contributed by atoms with Gasteiger partial charge in [0.25, 0.3) is 0 Å². The third kappa shape index (κ3) is 2.67. The molecule has 0 aliphatic heterocycles. The number of nitrogen functional groups attached to an aromatic ring is 1. The van der Waals surface area contributed by atoms with Crippen molar-refractivity contribution in [2.24, 2.45) is 5.73 Å². The first-order chi connectivity index (χ1) is 10.3. The van der Waals surface area contributed by atoms with Crippen LogP contribution in [0.3, 0.4) is 0 Å². The summed E-state index contributed by atoms with van der Waals surface area (Å²) in [6, 6.07) is 24.6. The number of para-hydroxylation sites is 1. The molecule has 0 aliphatic carbocycles. The molecule has 21 heavy (non-hydrogen) atoms. The maximum absolute atomic E-state index is 6.41. The second kappa shape index (κ2) is 5.81. The van der Waals surface area contributed by atoms with E-state index in [1.54, 1.807) is 0 Å². The largest absolute Gasteiger partial charge is 0.398 e. The van der Waals surface area contributed by atoms with E-state index in [0.29, 0.717) is 6.54 Å². The Morgan fingerprint density at radius 2 is 1.29 bits per heavy atom. The first kappa shape index (κ1) is 13.4. The van der Waals surface area contributed by atoms with E-state index in [2.05, 4.69) is 36.4 Å². The van der Waals surface area contributed by atoms with Crippen molar-refractivity contribution in [1.82, 2.24) is 0 Å². The fourth-order valence-electron chi connectivity index (χ4n) is 2.55. The minimum absolute atomic E-state index is 0.534. The molecule has 0 unspecified atom stereocenters. The van der Waals surface area contributed by atoms with Crippen molar-refractivity contribution < 1.29 is 0 Å². The predicted octanol–water partition coefficient (Wildman–Crippen LogP) is 4.06. The van der Waals surface area contributed by atoms with Crippen molar-refractivity contribution in [3.8, 4) is 22.3 Å². The van der Waals surface area contributed by atoms with E-state index in [1.807, 2.05) is 36.4 Å². The van der Waals surface area contributed by atoms with Gasteiger partial charge in [0.05, 0.1) is 0 Å². The Hall–Kier alpha value is -2.58. The summed E-state index contributed by atoms with van der Waals surface area (Å²) in [5, 5.41) is 0. The number of benzene rings is 3. The Bertz CT molecular complexity index is 749. The van der Waals surface area contributed by atoms with Gasteiger partial charge in [0, 0.05) is 23.4 Å². The molecule has 3 aromatic rings. The van der Waals surface area contributed by atoms with Crippen molar-refractivity contribution in [2.75, 3.05) is 5.73 Å². The summed E-state index contributed by atoms with van der Waals surface area (Å²) in [5.74, 6) is 0. The van der Waals surface area contributed by atoms with E-state index in [-0.39, 0.29) is 0 Å². The molecule has 0 atom stereocenters. The lowest BCUT2D eigenvalue weighted by atomic mass is 9.95. The molecule has 2 nitrogen and oxygen atoms in total. The Balaban J connectivity index is 2.12. The van der Waals surface area contributed by atoms with Gasteiger partial charge in [-0.05, 0) is 22.8 Å². The van der Waals surface area contributed by atoms with E-state index in [1.165, 1.54) is 0 Å². The molecule has 0 saturated heterocycles. The highest BCUT2D eigenvalue weighted by atomic mass is 14.6. The van der Waals surface area contributed by atoms with Crippen LogP contribution >= 0.6 is 0 Å². The quantitative estimate of drug-likeness (QED) is 0.708. The second-order valence-electron chi connectivity index (χ2n) is 5.04. The zero-order valence-corrected chi connectivity index (χ0v) is 11.8. The molecule has 0 radical (unpaired) electrons. The van der Waals surface area contributed by atoms with E-state index in [0.717, 1.165) is 33.5 Å². The monoisotopic (exact) mass is 274 g/mol. The molecule has 0 bridgehead atoms. The molecular weight excluding hydrogens is 256 g/mol. The lowest BCUT2D eigenvalue weighted by Crippen LogP contribution is -1.97. The highest BCUT2D eigenvalue weighted by Crippen LogP contribution is 2.34. The van der Waals surface area contributed by atoms with E-state index >= 15 is 0 Å². The Morgan fingerprint density at radius 1 is 0.667 bits per heavy atom. The van der Waals surface area contributed by atoms with Crippen molar-refractivity contribution >= 4 is 5.69 Å². The lowest BCUT2D eigenvalue weighted by Gasteiger charge is -2.12. The predicted molar refractivity (Wildman–Crippen MR) is 89.6 cm³/mol. The van der Waals surface area contributed by atoms with Crippen LogP contribution in [0.5, 0.6) is 0 Å². The minimum Gasteiger partial charge on any atom is -0.398 e. The Kier molecular flexibility index (Phi) is 3.71. The van der Waals surface area contributed by atoms with E-state index < -0.39 is 0 Å². The molecule has 0 heterocycles. The van der Waals surface area contributed by atoms with Crippen LogP contribution in [-0.2, 0) is 6.54 Å². The summed E-state index contributed by atoms with van der Waals surface area (Å²) in [6.07, 6.45) is 0. The molecule has 0 aromatic heterocycles. The SMILES string of the molecule is NCc1cccc(-c2cccc(-c3ccccc3)c2N)c1. The van der Waals surface area contributed by atoms with Gasteiger partial charge >= 0.3 is 0 Å². The number of anilines is 1. The van der Waals surface area contributed by atoms with Crippen molar-refractivity contribution in [2.45, 2.75) is 6.54 Å². The first-order valence-electron chi connectivity index (χ1n) is 7.03. The summed E-state index contributed by atoms with van der Waals surface area (Å²) in [6.45, 7) is 0.534. The maximum atomic E-state index is 6.41. The topological polar surface area (TPSA) is 52.0 Å². The van der Waals surface area contributed by atoms with Crippen LogP contribution in [0.2, 0.25) is 0 Å². The van der Waals surface area contributed by atoms with Crippen LogP contribution < -0.4 is 11.5 Å². The second-order valence-corrected chi connectivity index (χ2v) is 5.04. The van der Waals surface area contributed by atoms with Crippen LogP contribution in [0.25, 0.3) is 22.3 Å². The number of hydrogen-bond acceptors (Lipinski definition) is 2. The number of nitrogens with two attached hydrogens (primary N) is 2. The highest BCUT2D eigenvalue weighted by Gasteiger charge is 2.08. The molecule has 0 saturated carbocycles. The zero-order chi connectivity index (χ0) is 14.7. The molecule has 3 aromatic carbocycles. The normalized spacial score (nSPS) is 10.5. The smallest absolute Gasteiger partial charge is 0.0473 e. The third-order valence-corrected chi connectivity index (χ3v) is 3.66. The van der Waals surface area contributed by atoms with Crippen molar-refractivity contribution in [3.05, 3.63) is 78.4 Å². The van der Waals surface area contributed by atoms with Crippen LogP contribution in [0.1, 0.15) is 5.56 Å². The third-order valence-electron chi connectivity index (χ3n) is 3.66. The van der Waals surface area contributed by atoms with Crippen LogP contribution in [-0.4, -0.2) is 0 Å². The molecular formula is C19H18N2. The summed E-state index contributed by atoms with van der Waals surface area (Å²) in [5.41, 5.74) is 18.4. The molecule has 2 heteroatoms. The van der Waals surface area contributed by atoms with Gasteiger partial charge < -0.3 is 11.5 Å². The van der Waals surface area contributed by atoms with Gasteiger partial charge in [-0.25, -0.2) is 0 Å². The summed E-state index contributed by atoms with van der Waals surface area (Å²) in [7, 11) is 0. The van der Waals surface area contributed by atoms with Gasteiger partial charge in [-0.15, -0.1) is 0 Å². The van der Waals surface area contributed by atoms with Crippen LogP contribution in [0, 0.1) is 0 Å². The van der Waals surface area contributed by atoms with Crippen LogP contribution in [0.15, 0.2) is 72.8 Å². The molecule has 0 aliphatic rings. The Labute approximate surface area is 125 Å². The van der Waals surface area contributed by atoms with Crippen LogP contribution in [0.4, 0.5) is 5.69 Å². The van der Waals surface area contributed by atoms with E-state index in [4.69, 9.17) is 11.5 Å². The summed E-state index contributed by atoms with van der Waals surface area (Å²) >= 11 is 0. The van der Waals surface area contributed by atoms with Gasteiger partial charge in [0.1, 0.15) is 0 Å². The minimum atomic E-state index is 0.534. The first-order valence-corrected chi connectivity index (χ1v) is 7.03. The number of rotatable bonds is 3. The Morgan fingerprint density at radius 3 is 2.00 bits per heavy atom. The highest BCUT2D eigenvalue weighted by molar-refractivity contribution is 5.88. The van der Waals surface area contributed by atoms with Crippen molar-refractivity contribution in [3.63, 3.8) is 0 Å². The fourth-order valence-corrected chi connectivity index (χ4v) is 2.55.